The van der Waals surface area contributed by atoms with Crippen LogP contribution in [0.15, 0.2) is 35.6 Å². The highest BCUT2D eigenvalue weighted by Gasteiger charge is 2.22. The van der Waals surface area contributed by atoms with Gasteiger partial charge in [0.05, 0.1) is 18.2 Å². The fraction of sp³-hybridized carbons (Fsp3) is 0.474. The summed E-state index contributed by atoms with van der Waals surface area (Å²) < 4.78 is 7.70. The average Bonchev–Trinajstić information content (AvgIpc) is 3.40. The Labute approximate surface area is 159 Å². The normalized spacial score (nSPS) is 14.4. The number of ether oxygens (including phenoxy) is 1. The van der Waals surface area contributed by atoms with Crippen molar-refractivity contribution in [3.8, 4) is 5.88 Å². The lowest BCUT2D eigenvalue weighted by molar-refractivity contribution is 0.288. The summed E-state index contributed by atoms with van der Waals surface area (Å²) in [4.78, 5) is 10.8. The molecule has 0 radical (unpaired) electrons. The molecule has 2 aromatic rings. The molecule has 0 unspecified atom stereocenters. The highest BCUT2D eigenvalue weighted by molar-refractivity contribution is 6.30. The standard InChI is InChI=1S/C19H26ClN5O/c1-21-19(25(3)12-17-8-16(20)11-24(17)2)23-10-15-6-7-18(22-9-15)26-13-14-4-5-14/h6-9,11,14H,4-5,10,12-13H2,1-3H3,(H,21,23). The molecular weight excluding hydrogens is 350 g/mol. The van der Waals surface area contributed by atoms with Crippen molar-refractivity contribution in [3.05, 3.63) is 46.9 Å². The molecule has 6 nitrogen and oxygen atoms in total. The van der Waals surface area contributed by atoms with E-state index >= 15 is 0 Å². The zero-order valence-corrected chi connectivity index (χ0v) is 16.3. The summed E-state index contributed by atoms with van der Waals surface area (Å²) in [5, 5.41) is 4.11. The molecule has 0 bridgehead atoms. The van der Waals surface area contributed by atoms with E-state index in [9.17, 15) is 0 Å². The van der Waals surface area contributed by atoms with E-state index in [1.54, 1.807) is 7.05 Å². The molecule has 1 aliphatic carbocycles. The van der Waals surface area contributed by atoms with E-state index in [0.717, 1.165) is 41.3 Å². The molecule has 1 N–H and O–H groups in total. The van der Waals surface area contributed by atoms with Gasteiger partial charge in [-0.3, -0.25) is 4.99 Å². The van der Waals surface area contributed by atoms with Crippen LogP contribution in [0.4, 0.5) is 0 Å². The summed E-state index contributed by atoms with van der Waals surface area (Å²) in [6.07, 6.45) is 6.31. The summed E-state index contributed by atoms with van der Waals surface area (Å²) in [7, 11) is 5.77. The monoisotopic (exact) mass is 375 g/mol. The number of rotatable bonds is 7. The number of nitrogens with zero attached hydrogens (tertiary/aromatic N) is 4. The number of hydrogen-bond donors (Lipinski definition) is 1. The maximum absolute atomic E-state index is 6.06. The van der Waals surface area contributed by atoms with Crippen LogP contribution in [0.2, 0.25) is 5.02 Å². The van der Waals surface area contributed by atoms with Gasteiger partial charge in [0.1, 0.15) is 0 Å². The predicted octanol–water partition coefficient (Wildman–Crippen LogP) is 3.07. The third-order valence-corrected chi connectivity index (χ3v) is 4.67. The molecule has 140 valence electrons. The largest absolute Gasteiger partial charge is 0.477 e. The van der Waals surface area contributed by atoms with E-state index in [-0.39, 0.29) is 0 Å². The maximum Gasteiger partial charge on any atom is 0.213 e. The minimum atomic E-state index is 0.654. The lowest BCUT2D eigenvalue weighted by atomic mass is 10.3. The number of guanidine groups is 1. The van der Waals surface area contributed by atoms with E-state index in [1.807, 2.05) is 49.3 Å². The Morgan fingerprint density at radius 3 is 2.85 bits per heavy atom. The summed E-state index contributed by atoms with van der Waals surface area (Å²) in [6, 6.07) is 5.93. The van der Waals surface area contributed by atoms with Crippen LogP contribution in [0.3, 0.4) is 0 Å². The van der Waals surface area contributed by atoms with Gasteiger partial charge in [0.15, 0.2) is 5.96 Å². The Morgan fingerprint density at radius 2 is 2.27 bits per heavy atom. The van der Waals surface area contributed by atoms with Crippen molar-refractivity contribution in [1.29, 1.82) is 0 Å². The lowest BCUT2D eigenvalue weighted by Crippen LogP contribution is -2.38. The van der Waals surface area contributed by atoms with Crippen LogP contribution in [-0.4, -0.2) is 41.1 Å². The first kappa shape index (κ1) is 18.6. The van der Waals surface area contributed by atoms with Gasteiger partial charge in [0, 0.05) is 51.8 Å². The van der Waals surface area contributed by atoms with Crippen LogP contribution in [0.5, 0.6) is 5.88 Å². The average molecular weight is 376 g/mol. The SMILES string of the molecule is CN=C(NCc1ccc(OCC2CC2)nc1)N(C)Cc1cc(Cl)cn1C. The summed E-state index contributed by atoms with van der Waals surface area (Å²) in [5.41, 5.74) is 2.21. The molecule has 2 aromatic heterocycles. The number of pyridine rings is 1. The second-order valence-electron chi connectivity index (χ2n) is 6.78. The van der Waals surface area contributed by atoms with Crippen LogP contribution in [0, 0.1) is 5.92 Å². The highest BCUT2D eigenvalue weighted by Crippen LogP contribution is 2.29. The van der Waals surface area contributed by atoms with Gasteiger partial charge < -0.3 is 19.5 Å². The van der Waals surface area contributed by atoms with E-state index in [4.69, 9.17) is 16.3 Å². The predicted molar refractivity (Wildman–Crippen MR) is 105 cm³/mol. The molecular formula is C19H26ClN5O. The molecule has 26 heavy (non-hydrogen) atoms. The molecule has 0 spiro atoms. The minimum Gasteiger partial charge on any atom is -0.477 e. The Balaban J connectivity index is 1.50. The number of halogens is 1. The summed E-state index contributed by atoms with van der Waals surface area (Å²) >= 11 is 6.06. The van der Waals surface area contributed by atoms with Gasteiger partial charge in [0.25, 0.3) is 0 Å². The number of aryl methyl sites for hydroxylation is 1. The molecule has 7 heteroatoms. The number of hydrogen-bond acceptors (Lipinski definition) is 3. The van der Waals surface area contributed by atoms with Crippen molar-refractivity contribution < 1.29 is 4.74 Å². The zero-order chi connectivity index (χ0) is 18.5. The Kier molecular flexibility index (Phi) is 6.04. The van der Waals surface area contributed by atoms with Gasteiger partial charge in [-0.1, -0.05) is 17.7 Å². The molecule has 3 rings (SSSR count). The van der Waals surface area contributed by atoms with E-state index in [1.165, 1.54) is 12.8 Å². The molecule has 1 fully saturated rings. The van der Waals surface area contributed by atoms with Gasteiger partial charge in [-0.15, -0.1) is 0 Å². The van der Waals surface area contributed by atoms with Crippen molar-refractivity contribution in [3.63, 3.8) is 0 Å². The molecule has 2 heterocycles. The molecule has 1 aliphatic rings. The maximum atomic E-state index is 6.06. The van der Waals surface area contributed by atoms with Gasteiger partial charge in [0.2, 0.25) is 5.88 Å². The fourth-order valence-electron chi connectivity index (χ4n) is 2.70. The number of aromatic nitrogens is 2. The molecule has 0 saturated heterocycles. The molecule has 1 saturated carbocycles. The van der Waals surface area contributed by atoms with E-state index in [2.05, 4.69) is 20.2 Å². The van der Waals surface area contributed by atoms with Crippen molar-refractivity contribution >= 4 is 17.6 Å². The Bertz CT molecular complexity index is 752. The number of aliphatic imine (C=N–C) groups is 1. The van der Waals surface area contributed by atoms with Gasteiger partial charge in [-0.2, -0.15) is 0 Å². The highest BCUT2D eigenvalue weighted by atomic mass is 35.5. The Morgan fingerprint density at radius 1 is 1.46 bits per heavy atom. The number of nitrogens with one attached hydrogen (secondary N) is 1. The van der Waals surface area contributed by atoms with Crippen LogP contribution < -0.4 is 10.1 Å². The third kappa shape index (κ3) is 5.14. The van der Waals surface area contributed by atoms with Crippen LogP contribution in [0.1, 0.15) is 24.1 Å². The van der Waals surface area contributed by atoms with Crippen LogP contribution in [0.25, 0.3) is 0 Å². The van der Waals surface area contributed by atoms with Crippen molar-refractivity contribution in [2.45, 2.75) is 25.9 Å². The van der Waals surface area contributed by atoms with Gasteiger partial charge >= 0.3 is 0 Å². The summed E-state index contributed by atoms with van der Waals surface area (Å²) in [5.74, 6) is 2.25. The molecule has 0 aliphatic heterocycles. The smallest absolute Gasteiger partial charge is 0.213 e. The first-order valence-electron chi connectivity index (χ1n) is 8.85. The lowest BCUT2D eigenvalue weighted by Gasteiger charge is -2.22. The quantitative estimate of drug-likeness (QED) is 0.597. The first-order chi connectivity index (χ1) is 12.5. The second kappa shape index (κ2) is 8.45. The van der Waals surface area contributed by atoms with E-state index in [0.29, 0.717) is 12.4 Å². The molecule has 0 atom stereocenters. The van der Waals surface area contributed by atoms with Crippen molar-refractivity contribution in [2.24, 2.45) is 18.0 Å². The topological polar surface area (TPSA) is 54.7 Å². The third-order valence-electron chi connectivity index (χ3n) is 4.46. The van der Waals surface area contributed by atoms with Gasteiger partial charge in [-0.05, 0) is 30.4 Å². The summed E-state index contributed by atoms with van der Waals surface area (Å²) in [6.45, 7) is 2.15. The Hall–Kier alpha value is -2.21. The van der Waals surface area contributed by atoms with Crippen molar-refractivity contribution in [1.82, 2.24) is 19.8 Å². The van der Waals surface area contributed by atoms with Crippen LogP contribution >= 0.6 is 11.6 Å². The van der Waals surface area contributed by atoms with E-state index < -0.39 is 0 Å². The second-order valence-corrected chi connectivity index (χ2v) is 7.21. The molecule has 0 amide bonds. The van der Waals surface area contributed by atoms with Crippen LogP contribution in [-0.2, 0) is 20.1 Å². The molecule has 0 aromatic carbocycles. The first-order valence-corrected chi connectivity index (χ1v) is 9.23. The van der Waals surface area contributed by atoms with Gasteiger partial charge in [-0.25, -0.2) is 4.98 Å². The van der Waals surface area contributed by atoms with Crippen molar-refractivity contribution in [2.75, 3.05) is 20.7 Å². The fourth-order valence-corrected chi connectivity index (χ4v) is 2.97. The zero-order valence-electron chi connectivity index (χ0n) is 15.6. The minimum absolute atomic E-state index is 0.654.